The van der Waals surface area contributed by atoms with Gasteiger partial charge in [-0.3, -0.25) is 4.79 Å². The minimum atomic E-state index is -4.16. The molecule has 0 N–H and O–H groups in total. The molecule has 2 atom stereocenters. The number of ether oxygens (including phenoxy) is 3. The van der Waals surface area contributed by atoms with Crippen molar-refractivity contribution in [2.24, 2.45) is 0 Å². The van der Waals surface area contributed by atoms with Crippen LogP contribution in [0, 0.1) is 13.8 Å². The highest BCUT2D eigenvalue weighted by Gasteiger charge is 2.35. The van der Waals surface area contributed by atoms with E-state index in [2.05, 4.69) is 28.5 Å². The molecular weight excluding hydrogens is 729 g/mol. The van der Waals surface area contributed by atoms with Crippen LogP contribution in [0.5, 0.6) is 0 Å². The lowest BCUT2D eigenvalue weighted by Crippen LogP contribution is -2.38. The van der Waals surface area contributed by atoms with Crippen molar-refractivity contribution >= 4 is 27.3 Å². The van der Waals surface area contributed by atoms with Crippen molar-refractivity contribution in [2.75, 3.05) is 19.8 Å². The fourth-order valence-corrected chi connectivity index (χ4v) is 8.37. The maximum Gasteiger partial charge on any atom is 0.388 e. The lowest BCUT2D eigenvalue weighted by atomic mass is 9.83. The zero-order chi connectivity index (χ0) is 39.5. The van der Waals surface area contributed by atoms with Crippen LogP contribution in [0.2, 0.25) is 0 Å². The first-order chi connectivity index (χ1) is 27.1. The number of nitrogens with zero attached hydrogens (tertiary/aromatic N) is 4. The highest BCUT2D eigenvalue weighted by Crippen LogP contribution is 2.37. The molecule has 0 aliphatic carbocycles. The quantitative estimate of drug-likeness (QED) is 0.0599. The molecule has 4 aromatic carbocycles. The Morgan fingerprint density at radius 2 is 1.59 bits per heavy atom. The van der Waals surface area contributed by atoms with E-state index >= 15 is 0 Å². The minimum Gasteiger partial charge on any atom is -0.466 e. The fourth-order valence-electron chi connectivity index (χ4n) is 7.19. The molecule has 0 fully saturated rings. The number of carbonyl (C=O) groups is 1. The average Bonchev–Trinajstić information content (AvgIpc) is 3.62. The lowest BCUT2D eigenvalue weighted by Gasteiger charge is -2.31. The molecule has 296 valence electrons. The number of esters is 1. The van der Waals surface area contributed by atoms with E-state index in [1.165, 1.54) is 9.87 Å². The van der Waals surface area contributed by atoms with E-state index in [0.717, 1.165) is 83.2 Å². The molecule has 0 amide bonds. The summed E-state index contributed by atoms with van der Waals surface area (Å²) in [5.41, 5.74) is 8.29. The van der Waals surface area contributed by atoms with Crippen LogP contribution in [0.25, 0.3) is 11.0 Å². The van der Waals surface area contributed by atoms with Crippen molar-refractivity contribution in [2.45, 2.75) is 91.5 Å². The first-order valence-corrected chi connectivity index (χ1v) is 20.8. The number of unbranched alkanes of at least 4 members (excludes halogenated alkanes) is 3. The van der Waals surface area contributed by atoms with Gasteiger partial charge in [0, 0.05) is 31.7 Å². The summed E-state index contributed by atoms with van der Waals surface area (Å²) in [6, 6.07) is 29.2. The van der Waals surface area contributed by atoms with Crippen LogP contribution >= 0.6 is 0 Å². The second-order valence-electron chi connectivity index (χ2n) is 14.2. The van der Waals surface area contributed by atoms with Crippen LogP contribution in [0.1, 0.15) is 96.9 Å². The molecule has 0 radical (unpaired) electrons. The van der Waals surface area contributed by atoms with Crippen LogP contribution < -0.4 is 0 Å². The van der Waals surface area contributed by atoms with Crippen LogP contribution in [0.15, 0.2) is 103 Å². The van der Waals surface area contributed by atoms with Gasteiger partial charge in [0.05, 0.1) is 31.2 Å². The largest absolute Gasteiger partial charge is 0.466 e. The van der Waals surface area contributed by atoms with Gasteiger partial charge in [-0.2, -0.15) is 12.7 Å². The Hall–Kier alpha value is -5.04. The van der Waals surface area contributed by atoms with Gasteiger partial charge >= 0.3 is 16.3 Å². The van der Waals surface area contributed by atoms with Gasteiger partial charge in [0.25, 0.3) is 5.95 Å². The highest BCUT2D eigenvalue weighted by molar-refractivity contribution is 7.84. The standard InChI is InChI=1S/C44H52N4O7S/c1-5-53-42(49)29-40(38-22-23-41-44(33(38)3)45-46-47(41)25-14-6-7-15-27-52-30-35-16-10-8-11-17-35)37-21-20-32(2)39(28-37)34(4)48-26-24-43(55-56(48,50)51)54-31-36-18-12-9-13-19-36/h8-13,16-24,28,34,40H,5-7,14-15,25-27,29-31H2,1-4H3/t34-,40?/m1/s1. The molecule has 0 saturated heterocycles. The Morgan fingerprint density at radius 1 is 0.875 bits per heavy atom. The smallest absolute Gasteiger partial charge is 0.388 e. The number of fused-ring (bicyclic) bond motifs is 1. The molecule has 0 bridgehead atoms. The zero-order valence-corrected chi connectivity index (χ0v) is 33.5. The minimum absolute atomic E-state index is 0.0414. The summed E-state index contributed by atoms with van der Waals surface area (Å²) in [4.78, 5) is 13.1. The van der Waals surface area contributed by atoms with Crippen molar-refractivity contribution in [1.82, 2.24) is 19.3 Å². The number of aryl methyl sites for hydroxylation is 3. The Kier molecular flexibility index (Phi) is 13.9. The van der Waals surface area contributed by atoms with Crippen LogP contribution in [-0.2, 0) is 53.3 Å². The maximum absolute atomic E-state index is 13.4. The van der Waals surface area contributed by atoms with Crippen LogP contribution in [0.4, 0.5) is 0 Å². The Balaban J connectivity index is 1.15. The van der Waals surface area contributed by atoms with Gasteiger partial charge < -0.3 is 18.4 Å². The van der Waals surface area contributed by atoms with Gasteiger partial charge in [0.1, 0.15) is 12.1 Å². The van der Waals surface area contributed by atoms with Crippen molar-refractivity contribution in [3.8, 4) is 0 Å². The second-order valence-corrected chi connectivity index (χ2v) is 15.7. The number of rotatable bonds is 19. The Morgan fingerprint density at radius 3 is 2.30 bits per heavy atom. The average molecular weight is 781 g/mol. The summed E-state index contributed by atoms with van der Waals surface area (Å²) in [5.74, 6) is -0.729. The molecule has 11 nitrogen and oxygen atoms in total. The Labute approximate surface area is 330 Å². The third-order valence-electron chi connectivity index (χ3n) is 10.3. The van der Waals surface area contributed by atoms with Gasteiger partial charge in [0.2, 0.25) is 0 Å². The number of benzene rings is 4. The van der Waals surface area contributed by atoms with Gasteiger partial charge in [0.15, 0.2) is 0 Å². The topological polar surface area (TPSA) is 122 Å². The number of hydrogen-bond donors (Lipinski definition) is 0. The van der Waals surface area contributed by atoms with E-state index in [1.54, 1.807) is 13.0 Å². The monoisotopic (exact) mass is 780 g/mol. The van der Waals surface area contributed by atoms with E-state index in [0.29, 0.717) is 6.61 Å². The molecule has 1 aliphatic heterocycles. The van der Waals surface area contributed by atoms with Gasteiger partial charge in [-0.1, -0.05) is 103 Å². The molecule has 2 heterocycles. The molecule has 56 heavy (non-hydrogen) atoms. The van der Waals surface area contributed by atoms with Gasteiger partial charge in [-0.25, -0.2) is 4.68 Å². The second kappa shape index (κ2) is 19.2. The number of aromatic nitrogens is 3. The molecule has 0 spiro atoms. The first kappa shape index (κ1) is 40.6. The fraction of sp³-hybridized carbons (Fsp3) is 0.386. The van der Waals surface area contributed by atoms with Crippen molar-refractivity contribution in [3.05, 3.63) is 142 Å². The van der Waals surface area contributed by atoms with E-state index in [4.69, 9.17) is 18.4 Å². The van der Waals surface area contributed by atoms with E-state index in [1.807, 2.05) is 98.2 Å². The lowest BCUT2D eigenvalue weighted by molar-refractivity contribution is -0.143. The molecule has 1 unspecified atom stereocenters. The zero-order valence-electron chi connectivity index (χ0n) is 32.7. The normalized spacial score (nSPS) is 15.2. The SMILES string of the molecule is CCOC(=O)CC(c1ccc(C)c([C@@H](C)N2CC=C(OCc3ccccc3)OS2(=O)=O)c1)c1ccc2c(nnn2CCCCCCOCc2ccccc2)c1C. The third kappa shape index (κ3) is 10.2. The first-order valence-electron chi connectivity index (χ1n) is 19.4. The maximum atomic E-state index is 13.4. The molecule has 6 rings (SSSR count). The summed E-state index contributed by atoms with van der Waals surface area (Å²) in [6.07, 6.45) is 5.87. The number of hydrogen-bond acceptors (Lipinski definition) is 9. The summed E-state index contributed by atoms with van der Waals surface area (Å²) in [6.45, 7) is 10.3. The van der Waals surface area contributed by atoms with E-state index < -0.39 is 16.3 Å². The Bertz CT molecular complexity index is 2210. The molecule has 0 saturated carbocycles. The summed E-state index contributed by atoms with van der Waals surface area (Å²) >= 11 is 0. The van der Waals surface area contributed by atoms with Crippen molar-refractivity contribution in [1.29, 1.82) is 0 Å². The predicted octanol–water partition coefficient (Wildman–Crippen LogP) is 8.61. The molecule has 1 aliphatic rings. The molecular formula is C44H52N4O7S. The summed E-state index contributed by atoms with van der Waals surface area (Å²) < 4.78 is 52.5. The van der Waals surface area contributed by atoms with Gasteiger partial charge in [-0.05, 0) is 85.5 Å². The van der Waals surface area contributed by atoms with Gasteiger partial charge in [-0.15, -0.1) is 5.10 Å². The van der Waals surface area contributed by atoms with Crippen molar-refractivity contribution < 1.29 is 31.6 Å². The summed E-state index contributed by atoms with van der Waals surface area (Å²) in [7, 11) is -4.16. The summed E-state index contributed by atoms with van der Waals surface area (Å²) in [5, 5.41) is 9.10. The third-order valence-corrected chi connectivity index (χ3v) is 11.7. The van der Waals surface area contributed by atoms with Crippen LogP contribution in [0.3, 0.4) is 0 Å². The van der Waals surface area contributed by atoms with Crippen LogP contribution in [-0.4, -0.2) is 53.4 Å². The predicted molar refractivity (Wildman–Crippen MR) is 216 cm³/mol. The van der Waals surface area contributed by atoms with E-state index in [-0.39, 0.29) is 44.0 Å². The molecule has 5 aromatic rings. The molecule has 1 aromatic heterocycles. The number of carbonyl (C=O) groups excluding carboxylic acids is 1. The molecule has 12 heteroatoms. The highest BCUT2D eigenvalue weighted by atomic mass is 32.2. The van der Waals surface area contributed by atoms with E-state index in [9.17, 15) is 13.2 Å². The van der Waals surface area contributed by atoms with Crippen molar-refractivity contribution in [3.63, 3.8) is 0 Å².